The molecule has 0 fully saturated rings. The highest BCUT2D eigenvalue weighted by molar-refractivity contribution is 5.71. The van der Waals surface area contributed by atoms with E-state index in [9.17, 15) is 14.4 Å². The van der Waals surface area contributed by atoms with Crippen molar-refractivity contribution in [3.8, 4) is 0 Å². The van der Waals surface area contributed by atoms with Crippen molar-refractivity contribution in [2.45, 2.75) is 207 Å². The smallest absolute Gasteiger partial charge is 0.306 e. The van der Waals surface area contributed by atoms with Gasteiger partial charge in [0, 0.05) is 19.3 Å². The summed E-state index contributed by atoms with van der Waals surface area (Å²) in [6, 6.07) is 0. The van der Waals surface area contributed by atoms with Gasteiger partial charge in [-0.15, -0.1) is 0 Å². The fourth-order valence-electron chi connectivity index (χ4n) is 6.46. The van der Waals surface area contributed by atoms with E-state index in [4.69, 9.17) is 14.2 Å². The van der Waals surface area contributed by atoms with Crippen LogP contribution < -0.4 is 0 Å². The molecule has 0 amide bonds. The molecule has 0 spiro atoms. The van der Waals surface area contributed by atoms with E-state index in [1.54, 1.807) is 0 Å². The van der Waals surface area contributed by atoms with Gasteiger partial charge in [-0.1, -0.05) is 204 Å². The molecule has 0 unspecified atom stereocenters. The summed E-state index contributed by atoms with van der Waals surface area (Å²) in [5.74, 6) is -1.13. The third kappa shape index (κ3) is 53.8. The summed E-state index contributed by atoms with van der Waals surface area (Å²) in [5, 5.41) is 0. The van der Waals surface area contributed by atoms with E-state index in [0.717, 1.165) is 89.9 Å². The summed E-state index contributed by atoms with van der Waals surface area (Å²) in [6.07, 6.45) is 81.0. The average molecular weight is 949 g/mol. The summed E-state index contributed by atoms with van der Waals surface area (Å²) in [6.45, 7) is 6.30. The lowest BCUT2D eigenvalue weighted by molar-refractivity contribution is -0.166. The normalized spacial score (nSPS) is 13.4. The number of esters is 3. The van der Waals surface area contributed by atoms with Gasteiger partial charge in [-0.3, -0.25) is 14.4 Å². The first-order valence-electron chi connectivity index (χ1n) is 27.0. The van der Waals surface area contributed by atoms with Crippen LogP contribution >= 0.6 is 0 Å². The first-order valence-corrected chi connectivity index (χ1v) is 27.0. The highest BCUT2D eigenvalue weighted by Crippen LogP contribution is 2.09. The Kier molecular flexibility index (Phi) is 51.6. The quantitative estimate of drug-likeness (QED) is 0.0262. The zero-order valence-electron chi connectivity index (χ0n) is 43.8. The van der Waals surface area contributed by atoms with Gasteiger partial charge in [0.15, 0.2) is 6.10 Å². The van der Waals surface area contributed by atoms with Crippen LogP contribution in [0, 0.1) is 0 Å². The van der Waals surface area contributed by atoms with E-state index in [1.807, 2.05) is 0 Å². The summed E-state index contributed by atoms with van der Waals surface area (Å²) < 4.78 is 16.7. The van der Waals surface area contributed by atoms with Crippen molar-refractivity contribution < 1.29 is 28.6 Å². The SMILES string of the molecule is CC/C=C/C/C=C/C/C=C/C/C=C/C/C=C/CCCC(=O)OC[C@@H](COC(=O)CCC/C=C/C/C=C/C/C=C/C/C=C/CCCCC)OC(=O)CCC/C=C/C/C=C/C/C=C/C/C=C/CCCCC. The molecule has 0 bridgehead atoms. The van der Waals surface area contributed by atoms with Crippen LogP contribution in [0.25, 0.3) is 0 Å². The minimum Gasteiger partial charge on any atom is -0.462 e. The zero-order valence-corrected chi connectivity index (χ0v) is 43.8. The van der Waals surface area contributed by atoms with Gasteiger partial charge in [0.2, 0.25) is 0 Å². The molecule has 0 aromatic rings. The molecule has 0 heterocycles. The molecular weight excluding hydrogens is 853 g/mol. The van der Waals surface area contributed by atoms with Crippen LogP contribution in [0.3, 0.4) is 0 Å². The first-order chi connectivity index (χ1) is 34.0. The van der Waals surface area contributed by atoms with Gasteiger partial charge in [0.25, 0.3) is 0 Å². The second-order valence-corrected chi connectivity index (χ2v) is 17.0. The number of unbranched alkanes of at least 4 members (excludes halogenated alkanes) is 9. The molecule has 0 saturated carbocycles. The number of allylic oxidation sites excluding steroid dienone is 26. The molecule has 69 heavy (non-hydrogen) atoms. The fourth-order valence-corrected chi connectivity index (χ4v) is 6.46. The van der Waals surface area contributed by atoms with Gasteiger partial charge in [0.05, 0.1) is 0 Å². The molecule has 384 valence electrons. The maximum atomic E-state index is 12.8. The molecular formula is C63H96O6. The molecule has 0 aromatic heterocycles. The van der Waals surface area contributed by atoms with Crippen molar-refractivity contribution in [2.24, 2.45) is 0 Å². The number of hydrogen-bond acceptors (Lipinski definition) is 6. The van der Waals surface area contributed by atoms with Crippen LogP contribution in [0.1, 0.15) is 201 Å². The van der Waals surface area contributed by atoms with Crippen LogP contribution in [0.5, 0.6) is 0 Å². The van der Waals surface area contributed by atoms with Gasteiger partial charge in [-0.05, 0) is 135 Å². The van der Waals surface area contributed by atoms with Crippen molar-refractivity contribution in [1.29, 1.82) is 0 Å². The van der Waals surface area contributed by atoms with Gasteiger partial charge in [-0.25, -0.2) is 0 Å². The van der Waals surface area contributed by atoms with Crippen molar-refractivity contribution >= 4 is 17.9 Å². The van der Waals surface area contributed by atoms with Crippen molar-refractivity contribution in [3.63, 3.8) is 0 Å². The molecule has 0 aliphatic carbocycles. The lowest BCUT2D eigenvalue weighted by Gasteiger charge is -2.18. The number of rotatable bonds is 46. The van der Waals surface area contributed by atoms with Gasteiger partial charge in [-0.2, -0.15) is 0 Å². The standard InChI is InChI=1S/C63H96O6/c1-4-7-10-13-16-19-22-25-28-31-34-37-40-43-46-49-52-55-61(64)67-58-60(69-63(66)57-54-51-48-45-42-39-36-33-30-27-24-21-18-15-12-9-6-3)59-68-62(65)56-53-50-47-44-41-38-35-32-29-26-23-20-17-14-11-8-5-2/h7,10,16-21,25-30,34-39,43-48,60H,4-6,8-9,11-15,22-24,31-33,40-42,49-59H2,1-3H3/b10-7+,19-16+,20-17+,21-18+,28-25+,29-26+,30-27+,37-34+,38-35+,39-36+,46-43+,47-44+,48-45+/t60-/m0/s1. The summed E-state index contributed by atoms with van der Waals surface area (Å²) in [4.78, 5) is 38.0. The Morgan fingerprint density at radius 1 is 0.304 bits per heavy atom. The third-order valence-corrected chi connectivity index (χ3v) is 10.5. The average Bonchev–Trinajstić information content (AvgIpc) is 3.35. The predicted molar refractivity (Wildman–Crippen MR) is 297 cm³/mol. The molecule has 0 radical (unpaired) electrons. The highest BCUT2D eigenvalue weighted by Gasteiger charge is 2.19. The lowest BCUT2D eigenvalue weighted by Crippen LogP contribution is -2.30. The van der Waals surface area contributed by atoms with Crippen LogP contribution in [0.4, 0.5) is 0 Å². The van der Waals surface area contributed by atoms with Crippen LogP contribution in [0.2, 0.25) is 0 Å². The molecule has 0 N–H and O–H groups in total. The van der Waals surface area contributed by atoms with E-state index in [0.29, 0.717) is 19.3 Å². The summed E-state index contributed by atoms with van der Waals surface area (Å²) >= 11 is 0. The Morgan fingerprint density at radius 3 is 0.826 bits per heavy atom. The Hall–Kier alpha value is -4.97. The lowest BCUT2D eigenvalue weighted by atomic mass is 10.2. The van der Waals surface area contributed by atoms with Crippen molar-refractivity contribution in [2.75, 3.05) is 13.2 Å². The highest BCUT2D eigenvalue weighted by atomic mass is 16.6. The largest absolute Gasteiger partial charge is 0.462 e. The molecule has 0 saturated heterocycles. The van der Waals surface area contributed by atoms with E-state index in [1.165, 1.54) is 51.4 Å². The summed E-state index contributed by atoms with van der Waals surface area (Å²) in [7, 11) is 0. The first kappa shape index (κ1) is 64.0. The number of ether oxygens (including phenoxy) is 3. The van der Waals surface area contributed by atoms with Gasteiger partial charge in [0.1, 0.15) is 13.2 Å². The molecule has 6 heteroatoms. The fraction of sp³-hybridized carbons (Fsp3) is 0.540. The summed E-state index contributed by atoms with van der Waals surface area (Å²) in [5.41, 5.74) is 0. The van der Waals surface area contributed by atoms with Crippen LogP contribution in [0.15, 0.2) is 158 Å². The van der Waals surface area contributed by atoms with E-state index in [2.05, 4.69) is 179 Å². The molecule has 6 nitrogen and oxygen atoms in total. The molecule has 0 aliphatic heterocycles. The minimum absolute atomic E-state index is 0.153. The third-order valence-electron chi connectivity index (χ3n) is 10.5. The van der Waals surface area contributed by atoms with Gasteiger partial charge < -0.3 is 14.2 Å². The zero-order chi connectivity index (χ0) is 50.0. The Labute approximate surface area is 422 Å². The minimum atomic E-state index is -0.860. The van der Waals surface area contributed by atoms with Gasteiger partial charge >= 0.3 is 17.9 Å². The Bertz CT molecular complexity index is 1610. The topological polar surface area (TPSA) is 78.9 Å². The Morgan fingerprint density at radius 2 is 0.551 bits per heavy atom. The Balaban J connectivity index is 4.69. The number of hydrogen-bond donors (Lipinski definition) is 0. The van der Waals surface area contributed by atoms with Crippen LogP contribution in [-0.4, -0.2) is 37.2 Å². The number of carbonyl (C=O) groups is 3. The van der Waals surface area contributed by atoms with Crippen molar-refractivity contribution in [3.05, 3.63) is 158 Å². The van der Waals surface area contributed by atoms with E-state index < -0.39 is 12.1 Å². The monoisotopic (exact) mass is 949 g/mol. The predicted octanol–water partition coefficient (Wildman–Crippen LogP) is 18.2. The molecule has 0 aromatic carbocycles. The van der Waals surface area contributed by atoms with E-state index >= 15 is 0 Å². The second kappa shape index (κ2) is 55.6. The van der Waals surface area contributed by atoms with Crippen LogP contribution in [-0.2, 0) is 28.6 Å². The second-order valence-electron chi connectivity index (χ2n) is 17.0. The molecule has 1 atom stereocenters. The maximum absolute atomic E-state index is 12.8. The maximum Gasteiger partial charge on any atom is 0.306 e. The molecule has 0 aliphatic rings. The van der Waals surface area contributed by atoms with E-state index in [-0.39, 0.29) is 44.4 Å². The van der Waals surface area contributed by atoms with Crippen molar-refractivity contribution in [1.82, 2.24) is 0 Å². The molecule has 0 rings (SSSR count). The number of carbonyl (C=O) groups excluding carboxylic acids is 3.